The number of anilines is 1. The summed E-state index contributed by atoms with van der Waals surface area (Å²) >= 11 is 17.3. The quantitative estimate of drug-likeness (QED) is 0.726. The van der Waals surface area contributed by atoms with Gasteiger partial charge in [0.2, 0.25) is 0 Å². The van der Waals surface area contributed by atoms with Crippen molar-refractivity contribution in [3.05, 3.63) is 64.1 Å². The maximum Gasteiger partial charge on any atom is 0.171 e. The van der Waals surface area contributed by atoms with Gasteiger partial charge in [0, 0.05) is 15.7 Å². The first-order chi connectivity index (χ1) is 10.1. The average molecular weight is 339 g/mol. The molecule has 0 amide bonds. The molecule has 0 radical (unpaired) electrons. The molecule has 0 spiro atoms. The van der Waals surface area contributed by atoms with Crippen molar-refractivity contribution in [2.75, 3.05) is 5.32 Å². The first kappa shape index (κ1) is 16.1. The fraction of sp³-hybridized carbons (Fsp3) is 0.188. The van der Waals surface area contributed by atoms with Gasteiger partial charge in [0.05, 0.1) is 6.04 Å². The van der Waals surface area contributed by atoms with E-state index in [1.807, 2.05) is 18.2 Å². The molecule has 0 saturated carbocycles. The second-order valence-electron chi connectivity index (χ2n) is 4.63. The van der Waals surface area contributed by atoms with E-state index in [9.17, 15) is 0 Å². The Morgan fingerprint density at radius 2 is 1.71 bits per heavy atom. The van der Waals surface area contributed by atoms with Crippen LogP contribution in [0.4, 0.5) is 5.69 Å². The van der Waals surface area contributed by atoms with Gasteiger partial charge >= 0.3 is 0 Å². The lowest BCUT2D eigenvalue weighted by Crippen LogP contribution is -2.32. The number of hydrogen-bond acceptors (Lipinski definition) is 1. The molecular formula is C16H16Cl2N2S. The van der Waals surface area contributed by atoms with Gasteiger partial charge in [-0.15, -0.1) is 0 Å². The van der Waals surface area contributed by atoms with Crippen molar-refractivity contribution < 1.29 is 0 Å². The van der Waals surface area contributed by atoms with Crippen molar-refractivity contribution in [2.45, 2.75) is 19.4 Å². The molecule has 0 aromatic heterocycles. The minimum atomic E-state index is 0.167. The van der Waals surface area contributed by atoms with E-state index in [2.05, 4.69) is 29.7 Å². The Morgan fingerprint density at radius 3 is 2.29 bits per heavy atom. The molecule has 2 N–H and O–H groups in total. The highest BCUT2D eigenvalue weighted by Gasteiger charge is 2.10. The van der Waals surface area contributed by atoms with Gasteiger partial charge in [0.1, 0.15) is 0 Å². The van der Waals surface area contributed by atoms with Gasteiger partial charge in [-0.2, -0.15) is 0 Å². The van der Waals surface area contributed by atoms with Gasteiger partial charge in [-0.05, 0) is 42.4 Å². The molecule has 0 bridgehead atoms. The molecule has 5 heteroatoms. The molecule has 0 saturated heterocycles. The smallest absolute Gasteiger partial charge is 0.171 e. The van der Waals surface area contributed by atoms with Gasteiger partial charge in [0.15, 0.2) is 5.11 Å². The van der Waals surface area contributed by atoms with Crippen LogP contribution in [0.3, 0.4) is 0 Å². The maximum absolute atomic E-state index is 5.97. The van der Waals surface area contributed by atoms with E-state index in [0.717, 1.165) is 12.1 Å². The summed E-state index contributed by atoms with van der Waals surface area (Å²) < 4.78 is 0. The van der Waals surface area contributed by atoms with Gasteiger partial charge < -0.3 is 10.6 Å². The van der Waals surface area contributed by atoms with Crippen molar-refractivity contribution in [2.24, 2.45) is 0 Å². The summed E-state index contributed by atoms with van der Waals surface area (Å²) in [5.41, 5.74) is 1.97. The zero-order chi connectivity index (χ0) is 15.2. The molecule has 0 aliphatic carbocycles. The number of halogens is 2. The lowest BCUT2D eigenvalue weighted by atomic mass is 10.1. The zero-order valence-electron chi connectivity index (χ0n) is 11.6. The first-order valence-electron chi connectivity index (χ1n) is 6.67. The van der Waals surface area contributed by atoms with Crippen LogP contribution in [0.5, 0.6) is 0 Å². The Kier molecular flexibility index (Phi) is 5.85. The number of nitrogens with one attached hydrogen (secondary N) is 2. The van der Waals surface area contributed by atoms with Crippen LogP contribution in [-0.4, -0.2) is 5.11 Å². The maximum atomic E-state index is 5.97. The summed E-state index contributed by atoms with van der Waals surface area (Å²) in [7, 11) is 0. The summed E-state index contributed by atoms with van der Waals surface area (Å²) in [6.07, 6.45) is 0.933. The van der Waals surface area contributed by atoms with E-state index in [-0.39, 0.29) is 6.04 Å². The summed E-state index contributed by atoms with van der Waals surface area (Å²) in [6, 6.07) is 15.6. The SMILES string of the molecule is CCC(NC(=S)Nc1cc(Cl)cc(Cl)c1)c1ccccc1. The first-order valence-corrected chi connectivity index (χ1v) is 7.83. The molecule has 0 fully saturated rings. The number of benzene rings is 2. The van der Waals surface area contributed by atoms with Crippen LogP contribution in [-0.2, 0) is 0 Å². The molecular weight excluding hydrogens is 323 g/mol. The van der Waals surface area contributed by atoms with Crippen molar-refractivity contribution >= 4 is 46.2 Å². The van der Waals surface area contributed by atoms with Gasteiger partial charge in [-0.1, -0.05) is 60.5 Å². The second kappa shape index (κ2) is 7.64. The average Bonchev–Trinajstić information content (AvgIpc) is 2.44. The van der Waals surface area contributed by atoms with Crippen LogP contribution in [0.1, 0.15) is 24.9 Å². The minimum absolute atomic E-state index is 0.167. The van der Waals surface area contributed by atoms with Crippen molar-refractivity contribution in [1.82, 2.24) is 5.32 Å². The Hall–Kier alpha value is -1.29. The van der Waals surface area contributed by atoms with E-state index in [0.29, 0.717) is 15.2 Å². The number of hydrogen-bond donors (Lipinski definition) is 2. The fourth-order valence-corrected chi connectivity index (χ4v) is 2.84. The Labute approximate surface area is 140 Å². The largest absolute Gasteiger partial charge is 0.356 e. The van der Waals surface area contributed by atoms with Crippen LogP contribution in [0, 0.1) is 0 Å². The Balaban J connectivity index is 2.03. The molecule has 0 aliphatic heterocycles. The predicted molar refractivity (Wildman–Crippen MR) is 95.3 cm³/mol. The van der Waals surface area contributed by atoms with E-state index < -0.39 is 0 Å². The topological polar surface area (TPSA) is 24.1 Å². The number of thiocarbonyl (C=S) groups is 1. The van der Waals surface area contributed by atoms with Crippen LogP contribution >= 0.6 is 35.4 Å². The van der Waals surface area contributed by atoms with Crippen molar-refractivity contribution in [3.63, 3.8) is 0 Å². The standard InChI is InChI=1S/C16H16Cl2N2S/c1-2-15(11-6-4-3-5-7-11)20-16(21)19-14-9-12(17)8-13(18)10-14/h3-10,15H,2H2,1H3,(H2,19,20,21). The molecule has 2 nitrogen and oxygen atoms in total. The van der Waals surface area contributed by atoms with Crippen LogP contribution in [0.15, 0.2) is 48.5 Å². The highest BCUT2D eigenvalue weighted by Crippen LogP contribution is 2.23. The van der Waals surface area contributed by atoms with Gasteiger partial charge in [-0.3, -0.25) is 0 Å². The minimum Gasteiger partial charge on any atom is -0.356 e. The summed E-state index contributed by atoms with van der Waals surface area (Å²) in [6.45, 7) is 2.11. The lowest BCUT2D eigenvalue weighted by Gasteiger charge is -2.20. The Morgan fingerprint density at radius 1 is 1.10 bits per heavy atom. The van der Waals surface area contributed by atoms with E-state index in [4.69, 9.17) is 35.4 Å². The third-order valence-electron chi connectivity index (χ3n) is 3.04. The van der Waals surface area contributed by atoms with E-state index in [1.165, 1.54) is 5.56 Å². The van der Waals surface area contributed by atoms with Gasteiger partial charge in [0.25, 0.3) is 0 Å². The molecule has 2 aromatic rings. The molecule has 110 valence electrons. The third-order valence-corrected chi connectivity index (χ3v) is 3.69. The highest BCUT2D eigenvalue weighted by atomic mass is 35.5. The van der Waals surface area contributed by atoms with Crippen LogP contribution in [0.2, 0.25) is 10.0 Å². The molecule has 21 heavy (non-hydrogen) atoms. The highest BCUT2D eigenvalue weighted by molar-refractivity contribution is 7.80. The normalized spacial score (nSPS) is 11.8. The monoisotopic (exact) mass is 338 g/mol. The van der Waals surface area contributed by atoms with Crippen molar-refractivity contribution in [1.29, 1.82) is 0 Å². The summed E-state index contributed by atoms with van der Waals surface area (Å²) in [4.78, 5) is 0. The lowest BCUT2D eigenvalue weighted by molar-refractivity contribution is 0.629. The van der Waals surface area contributed by atoms with Gasteiger partial charge in [-0.25, -0.2) is 0 Å². The molecule has 2 aromatic carbocycles. The van der Waals surface area contributed by atoms with Crippen LogP contribution in [0.25, 0.3) is 0 Å². The predicted octanol–water partition coefficient (Wildman–Crippen LogP) is 5.43. The van der Waals surface area contributed by atoms with Crippen LogP contribution < -0.4 is 10.6 Å². The molecule has 2 rings (SSSR count). The molecule has 1 atom stereocenters. The zero-order valence-corrected chi connectivity index (χ0v) is 13.9. The van der Waals surface area contributed by atoms with E-state index >= 15 is 0 Å². The summed E-state index contributed by atoms with van der Waals surface area (Å²) in [5, 5.41) is 8.10. The molecule has 0 heterocycles. The second-order valence-corrected chi connectivity index (χ2v) is 5.91. The number of rotatable bonds is 4. The van der Waals surface area contributed by atoms with E-state index in [1.54, 1.807) is 18.2 Å². The van der Waals surface area contributed by atoms with Crippen molar-refractivity contribution in [3.8, 4) is 0 Å². The fourth-order valence-electron chi connectivity index (χ4n) is 2.06. The Bertz CT molecular complexity index is 597. The third kappa shape index (κ3) is 4.88. The molecule has 0 aliphatic rings. The summed E-state index contributed by atoms with van der Waals surface area (Å²) in [5.74, 6) is 0. The molecule has 1 unspecified atom stereocenters.